The Morgan fingerprint density at radius 3 is 2.60 bits per heavy atom. The summed E-state index contributed by atoms with van der Waals surface area (Å²) >= 11 is 0. The van der Waals surface area contributed by atoms with Crippen LogP contribution >= 0.6 is 0 Å². The second kappa shape index (κ2) is 6.96. The topological polar surface area (TPSA) is 71.2 Å². The molecule has 1 atom stereocenters. The monoisotopic (exact) mass is 342 g/mol. The van der Waals surface area contributed by atoms with Crippen molar-refractivity contribution in [3.05, 3.63) is 47.8 Å². The van der Waals surface area contributed by atoms with E-state index in [0.717, 1.165) is 6.42 Å². The summed E-state index contributed by atoms with van der Waals surface area (Å²) in [6.07, 6.45) is 2.51. The Morgan fingerprint density at radius 1 is 1.32 bits per heavy atom. The highest BCUT2D eigenvalue weighted by Gasteiger charge is 2.33. The first-order valence-corrected chi connectivity index (χ1v) is 8.80. The number of carbonyl (C=O) groups is 1. The summed E-state index contributed by atoms with van der Waals surface area (Å²) < 4.78 is 1.75. The number of aliphatic hydroxyl groups excluding tert-OH is 1. The molecule has 0 saturated carbocycles. The zero-order valence-corrected chi connectivity index (χ0v) is 15.1. The number of amides is 1. The van der Waals surface area contributed by atoms with E-state index in [0.29, 0.717) is 25.2 Å². The molecule has 0 bridgehead atoms. The number of aromatic nitrogens is 3. The molecule has 0 aliphatic carbocycles. The van der Waals surface area contributed by atoms with Crippen molar-refractivity contribution in [3.8, 4) is 0 Å². The second-order valence-corrected chi connectivity index (χ2v) is 7.50. The summed E-state index contributed by atoms with van der Waals surface area (Å²) in [5, 5.41) is 17.5. The van der Waals surface area contributed by atoms with Gasteiger partial charge < -0.3 is 10.0 Å². The minimum atomic E-state index is -0.619. The van der Waals surface area contributed by atoms with Crippen molar-refractivity contribution in [3.63, 3.8) is 0 Å². The van der Waals surface area contributed by atoms with Gasteiger partial charge in [-0.15, -0.1) is 5.10 Å². The summed E-state index contributed by atoms with van der Waals surface area (Å²) in [6.45, 7) is 7.35. The summed E-state index contributed by atoms with van der Waals surface area (Å²) in [4.78, 5) is 14.3. The molecule has 2 aromatic rings. The predicted molar refractivity (Wildman–Crippen MR) is 95.0 cm³/mol. The third-order valence-electron chi connectivity index (χ3n) is 5.06. The molecule has 134 valence electrons. The molecule has 1 unspecified atom stereocenters. The molecule has 1 fully saturated rings. The normalized spacial score (nSPS) is 16.6. The third-order valence-corrected chi connectivity index (χ3v) is 5.06. The van der Waals surface area contributed by atoms with Crippen LogP contribution in [0.15, 0.2) is 36.5 Å². The van der Waals surface area contributed by atoms with E-state index in [1.807, 2.05) is 23.1 Å². The number of rotatable bonds is 6. The van der Waals surface area contributed by atoms with E-state index >= 15 is 0 Å². The number of hydrogen-bond donors (Lipinski definition) is 1. The highest BCUT2D eigenvalue weighted by atomic mass is 16.3. The molecule has 1 N–H and O–H groups in total. The molecule has 6 heteroatoms. The Morgan fingerprint density at radius 2 is 2.00 bits per heavy atom. The SMILES string of the molecule is CC(O)c1cn(C2CN(C(=O)CCC(C)(C)c3ccccc3)C2)nn1. The van der Waals surface area contributed by atoms with E-state index in [1.165, 1.54) is 5.56 Å². The van der Waals surface area contributed by atoms with Gasteiger partial charge in [-0.3, -0.25) is 4.79 Å². The Balaban J connectivity index is 1.49. The Kier molecular flexibility index (Phi) is 4.90. The van der Waals surface area contributed by atoms with Gasteiger partial charge in [0, 0.05) is 19.5 Å². The molecular weight excluding hydrogens is 316 g/mol. The fourth-order valence-electron chi connectivity index (χ4n) is 3.10. The zero-order valence-electron chi connectivity index (χ0n) is 15.1. The lowest BCUT2D eigenvalue weighted by Gasteiger charge is -2.39. The molecule has 1 saturated heterocycles. The molecule has 1 amide bonds. The molecule has 1 aliphatic rings. The maximum absolute atomic E-state index is 12.4. The van der Waals surface area contributed by atoms with Gasteiger partial charge >= 0.3 is 0 Å². The number of nitrogens with zero attached hydrogens (tertiary/aromatic N) is 4. The van der Waals surface area contributed by atoms with E-state index in [9.17, 15) is 9.90 Å². The van der Waals surface area contributed by atoms with Gasteiger partial charge in [0.05, 0.1) is 18.3 Å². The molecule has 6 nitrogen and oxygen atoms in total. The number of likely N-dealkylation sites (tertiary alicyclic amines) is 1. The largest absolute Gasteiger partial charge is 0.387 e. The van der Waals surface area contributed by atoms with Crippen LogP contribution in [0.1, 0.15) is 57.0 Å². The minimum Gasteiger partial charge on any atom is -0.387 e. The predicted octanol–water partition coefficient (Wildman–Crippen LogP) is 2.47. The lowest BCUT2D eigenvalue weighted by Crippen LogP contribution is -2.51. The van der Waals surface area contributed by atoms with Crippen LogP contribution in [0.2, 0.25) is 0 Å². The number of carbonyl (C=O) groups excluding carboxylic acids is 1. The number of hydrogen-bond acceptors (Lipinski definition) is 4. The second-order valence-electron chi connectivity index (χ2n) is 7.50. The van der Waals surface area contributed by atoms with Gasteiger partial charge in [-0.1, -0.05) is 49.4 Å². The first-order chi connectivity index (χ1) is 11.9. The fourth-order valence-corrected chi connectivity index (χ4v) is 3.10. The lowest BCUT2D eigenvalue weighted by atomic mass is 9.80. The average molecular weight is 342 g/mol. The molecule has 1 aromatic heterocycles. The van der Waals surface area contributed by atoms with Crippen LogP contribution in [0.5, 0.6) is 0 Å². The molecule has 3 rings (SSSR count). The third kappa shape index (κ3) is 3.90. The molecule has 1 aromatic carbocycles. The summed E-state index contributed by atoms with van der Waals surface area (Å²) in [6, 6.07) is 10.5. The van der Waals surface area contributed by atoms with E-state index in [4.69, 9.17) is 0 Å². The number of aliphatic hydroxyl groups is 1. The van der Waals surface area contributed by atoms with Crippen LogP contribution in [0.25, 0.3) is 0 Å². The molecule has 0 radical (unpaired) electrons. The van der Waals surface area contributed by atoms with Crippen LogP contribution in [0.4, 0.5) is 0 Å². The van der Waals surface area contributed by atoms with Crippen LogP contribution in [-0.4, -0.2) is 44.0 Å². The maximum atomic E-state index is 12.4. The summed E-state index contributed by atoms with van der Waals surface area (Å²) in [5.74, 6) is 0.191. The quantitative estimate of drug-likeness (QED) is 0.875. The standard InChI is InChI=1S/C19H26N4O2/c1-14(24)17-13-23(21-20-17)16-11-22(12-16)18(25)9-10-19(2,3)15-7-5-4-6-8-15/h4-8,13-14,16,24H,9-12H2,1-3H3. The van der Waals surface area contributed by atoms with Crippen LogP contribution in [0, 0.1) is 0 Å². The zero-order chi connectivity index (χ0) is 18.0. The fraction of sp³-hybridized carbons (Fsp3) is 0.526. The van der Waals surface area contributed by atoms with Gasteiger partial charge in [-0.25, -0.2) is 4.68 Å². The van der Waals surface area contributed by atoms with E-state index in [2.05, 4.69) is 36.3 Å². The molecular formula is C19H26N4O2. The van der Waals surface area contributed by atoms with Gasteiger partial charge in [-0.2, -0.15) is 0 Å². The smallest absolute Gasteiger partial charge is 0.222 e. The van der Waals surface area contributed by atoms with E-state index < -0.39 is 6.10 Å². The van der Waals surface area contributed by atoms with Gasteiger partial charge in [-0.05, 0) is 24.3 Å². The van der Waals surface area contributed by atoms with Gasteiger partial charge in [0.25, 0.3) is 0 Å². The van der Waals surface area contributed by atoms with E-state index in [1.54, 1.807) is 17.8 Å². The van der Waals surface area contributed by atoms with Crippen molar-refractivity contribution in [2.75, 3.05) is 13.1 Å². The van der Waals surface area contributed by atoms with Crippen molar-refractivity contribution in [2.24, 2.45) is 0 Å². The Labute approximate surface area is 148 Å². The Bertz CT molecular complexity index is 718. The van der Waals surface area contributed by atoms with Crippen molar-refractivity contribution >= 4 is 5.91 Å². The highest BCUT2D eigenvalue weighted by molar-refractivity contribution is 5.77. The maximum Gasteiger partial charge on any atom is 0.222 e. The molecule has 1 aliphatic heterocycles. The Hall–Kier alpha value is -2.21. The van der Waals surface area contributed by atoms with Crippen molar-refractivity contribution < 1.29 is 9.90 Å². The van der Waals surface area contributed by atoms with Gasteiger partial charge in [0.15, 0.2) is 0 Å². The number of benzene rings is 1. The van der Waals surface area contributed by atoms with Crippen LogP contribution in [0.3, 0.4) is 0 Å². The van der Waals surface area contributed by atoms with Gasteiger partial charge in [0.2, 0.25) is 5.91 Å². The van der Waals surface area contributed by atoms with Crippen molar-refractivity contribution in [1.29, 1.82) is 0 Å². The molecule has 0 spiro atoms. The van der Waals surface area contributed by atoms with Crippen molar-refractivity contribution in [2.45, 2.75) is 51.2 Å². The lowest BCUT2D eigenvalue weighted by molar-refractivity contribution is -0.137. The summed E-state index contributed by atoms with van der Waals surface area (Å²) in [7, 11) is 0. The average Bonchev–Trinajstić information content (AvgIpc) is 3.02. The van der Waals surface area contributed by atoms with E-state index in [-0.39, 0.29) is 17.4 Å². The first kappa shape index (κ1) is 17.6. The van der Waals surface area contributed by atoms with Crippen LogP contribution < -0.4 is 0 Å². The first-order valence-electron chi connectivity index (χ1n) is 8.80. The summed E-state index contributed by atoms with van der Waals surface area (Å²) in [5.41, 5.74) is 1.81. The molecule has 2 heterocycles. The molecule has 25 heavy (non-hydrogen) atoms. The minimum absolute atomic E-state index is 0.0146. The van der Waals surface area contributed by atoms with Crippen molar-refractivity contribution in [1.82, 2.24) is 19.9 Å². The van der Waals surface area contributed by atoms with Gasteiger partial charge in [0.1, 0.15) is 5.69 Å². The van der Waals surface area contributed by atoms with Crippen LogP contribution in [-0.2, 0) is 10.2 Å². The highest BCUT2D eigenvalue weighted by Crippen LogP contribution is 2.30.